The number of likely N-dealkylation sites (N-methyl/N-ethyl adjacent to an activating group) is 1. The van der Waals surface area contributed by atoms with Gasteiger partial charge in [-0.25, -0.2) is 9.98 Å². The van der Waals surface area contributed by atoms with Crippen LogP contribution < -0.4 is 10.6 Å². The van der Waals surface area contributed by atoms with E-state index in [1.165, 1.54) is 0 Å². The molecule has 0 aliphatic carbocycles. The second-order valence-electron chi connectivity index (χ2n) is 8.77. The molecule has 2 N–H and O–H groups in total. The lowest BCUT2D eigenvalue weighted by Crippen LogP contribution is -2.44. The number of amides is 1. The Kier molecular flexibility index (Phi) is 8.49. The van der Waals surface area contributed by atoms with Gasteiger partial charge in [0.15, 0.2) is 5.96 Å². The summed E-state index contributed by atoms with van der Waals surface area (Å²) >= 11 is 0. The van der Waals surface area contributed by atoms with Crippen molar-refractivity contribution in [2.45, 2.75) is 65.0 Å². The second kappa shape index (κ2) is 10.6. The van der Waals surface area contributed by atoms with Crippen molar-refractivity contribution in [1.29, 1.82) is 0 Å². The molecule has 164 valence electrons. The molecule has 2 rings (SSSR count). The van der Waals surface area contributed by atoms with E-state index in [4.69, 9.17) is 4.42 Å². The van der Waals surface area contributed by atoms with E-state index in [-0.39, 0.29) is 17.4 Å². The average molecular weight is 407 g/mol. The van der Waals surface area contributed by atoms with Gasteiger partial charge in [0.2, 0.25) is 11.8 Å². The van der Waals surface area contributed by atoms with E-state index in [9.17, 15) is 4.79 Å². The van der Waals surface area contributed by atoms with E-state index in [0.717, 1.165) is 57.2 Å². The Morgan fingerprint density at radius 1 is 1.38 bits per heavy atom. The van der Waals surface area contributed by atoms with Gasteiger partial charge in [-0.1, -0.05) is 20.8 Å². The number of aromatic nitrogens is 1. The molecule has 0 radical (unpaired) electrons. The van der Waals surface area contributed by atoms with E-state index in [0.29, 0.717) is 12.4 Å². The molecule has 1 aliphatic heterocycles. The van der Waals surface area contributed by atoms with Gasteiger partial charge in [-0.3, -0.25) is 9.69 Å². The smallest absolute Gasteiger partial charge is 0.239 e. The van der Waals surface area contributed by atoms with Crippen molar-refractivity contribution < 1.29 is 9.21 Å². The van der Waals surface area contributed by atoms with Crippen LogP contribution in [0.15, 0.2) is 15.6 Å². The van der Waals surface area contributed by atoms with Gasteiger partial charge in [0.1, 0.15) is 12.3 Å². The minimum Gasteiger partial charge on any atom is -0.443 e. The first kappa shape index (κ1) is 23.2. The van der Waals surface area contributed by atoms with Crippen LogP contribution in [0.3, 0.4) is 0 Å². The van der Waals surface area contributed by atoms with Crippen molar-refractivity contribution >= 4 is 11.9 Å². The van der Waals surface area contributed by atoms with Crippen LogP contribution in [0.1, 0.15) is 58.6 Å². The lowest BCUT2D eigenvalue weighted by atomic mass is 9.94. The summed E-state index contributed by atoms with van der Waals surface area (Å²) in [6.07, 6.45) is 4.79. The van der Waals surface area contributed by atoms with Crippen molar-refractivity contribution in [2.75, 3.05) is 40.3 Å². The van der Waals surface area contributed by atoms with Crippen molar-refractivity contribution in [2.24, 2.45) is 4.99 Å². The predicted octanol–water partition coefficient (Wildman–Crippen LogP) is 1.97. The van der Waals surface area contributed by atoms with Gasteiger partial charge in [0.25, 0.3) is 0 Å². The average Bonchev–Trinajstić information content (AvgIpc) is 3.31. The number of hydrogen-bond donors (Lipinski definition) is 2. The number of oxazole rings is 1. The first-order valence-corrected chi connectivity index (χ1v) is 10.6. The fourth-order valence-electron chi connectivity index (χ4n) is 3.38. The molecule has 1 fully saturated rings. The highest BCUT2D eigenvalue weighted by atomic mass is 16.4. The zero-order valence-corrected chi connectivity index (χ0v) is 18.9. The first-order valence-electron chi connectivity index (χ1n) is 10.6. The third-order valence-electron chi connectivity index (χ3n) is 5.01. The zero-order chi connectivity index (χ0) is 21.4. The van der Waals surface area contributed by atoms with Crippen LogP contribution in [0, 0.1) is 0 Å². The zero-order valence-electron chi connectivity index (χ0n) is 18.9. The molecule has 1 aliphatic rings. The molecule has 0 bridgehead atoms. The van der Waals surface area contributed by atoms with Crippen molar-refractivity contribution in [3.05, 3.63) is 17.8 Å². The van der Waals surface area contributed by atoms with E-state index in [1.54, 1.807) is 11.1 Å². The normalized spacial score (nSPS) is 18.1. The number of aliphatic imine (C=N–C) groups is 1. The minimum absolute atomic E-state index is 0.0361. The molecule has 8 heteroatoms. The van der Waals surface area contributed by atoms with Crippen LogP contribution in [0.25, 0.3) is 0 Å². The molecule has 1 atom stereocenters. The lowest BCUT2D eigenvalue weighted by Gasteiger charge is -2.26. The Labute approximate surface area is 175 Å². The van der Waals surface area contributed by atoms with Crippen molar-refractivity contribution in [3.63, 3.8) is 0 Å². The van der Waals surface area contributed by atoms with Crippen LogP contribution in [0.2, 0.25) is 0 Å². The number of rotatable bonds is 8. The summed E-state index contributed by atoms with van der Waals surface area (Å²) in [6.45, 7) is 12.2. The van der Waals surface area contributed by atoms with Gasteiger partial charge in [-0.15, -0.1) is 0 Å². The fraction of sp³-hybridized carbons (Fsp3) is 0.762. The monoisotopic (exact) mass is 406 g/mol. The number of hydrogen-bond acceptors (Lipinski definition) is 5. The standard InChI is InChI=1S/C21H38N6O2/c1-7-22-20(25-15-18-24-14-17(29-18)21(2,3)4)23-11-9-13-27-12-8-10-16(27)19(28)26(5)6/h14,16H,7-13,15H2,1-6H3,(H2,22,23,25). The molecule has 0 aromatic carbocycles. The number of likely N-dealkylation sites (tertiary alicyclic amines) is 1. The summed E-state index contributed by atoms with van der Waals surface area (Å²) in [4.78, 5) is 25.2. The van der Waals surface area contributed by atoms with Crippen LogP contribution in [-0.2, 0) is 16.8 Å². The van der Waals surface area contributed by atoms with E-state index < -0.39 is 0 Å². The Morgan fingerprint density at radius 3 is 2.76 bits per heavy atom. The van der Waals surface area contributed by atoms with Crippen LogP contribution in [-0.4, -0.2) is 73.0 Å². The maximum atomic E-state index is 12.3. The Balaban J connectivity index is 1.81. The molecular formula is C21H38N6O2. The maximum absolute atomic E-state index is 12.3. The molecule has 1 saturated heterocycles. The fourth-order valence-corrected chi connectivity index (χ4v) is 3.38. The maximum Gasteiger partial charge on any atom is 0.239 e. The number of nitrogens with one attached hydrogen (secondary N) is 2. The number of carbonyl (C=O) groups excluding carboxylic acids is 1. The topological polar surface area (TPSA) is 86.0 Å². The molecule has 1 amide bonds. The van der Waals surface area contributed by atoms with E-state index >= 15 is 0 Å². The third kappa shape index (κ3) is 7.03. The SMILES string of the molecule is CCNC(=NCc1ncc(C(C)(C)C)o1)NCCCN1CCCC1C(=O)N(C)C. The summed E-state index contributed by atoms with van der Waals surface area (Å²) < 4.78 is 5.81. The molecule has 0 spiro atoms. The minimum atomic E-state index is -0.0564. The molecule has 1 aromatic heterocycles. The first-order chi connectivity index (χ1) is 13.7. The molecule has 2 heterocycles. The summed E-state index contributed by atoms with van der Waals surface area (Å²) in [5.74, 6) is 2.46. The Morgan fingerprint density at radius 2 is 2.14 bits per heavy atom. The molecule has 29 heavy (non-hydrogen) atoms. The summed E-state index contributed by atoms with van der Waals surface area (Å²) in [5.41, 5.74) is -0.0564. The van der Waals surface area contributed by atoms with Gasteiger partial charge in [0, 0.05) is 39.1 Å². The van der Waals surface area contributed by atoms with Crippen molar-refractivity contribution in [1.82, 2.24) is 25.4 Å². The highest BCUT2D eigenvalue weighted by molar-refractivity contribution is 5.81. The quantitative estimate of drug-likeness (QED) is 0.390. The molecule has 8 nitrogen and oxygen atoms in total. The third-order valence-corrected chi connectivity index (χ3v) is 5.01. The second-order valence-corrected chi connectivity index (χ2v) is 8.77. The van der Waals surface area contributed by atoms with E-state index in [2.05, 4.69) is 46.3 Å². The largest absolute Gasteiger partial charge is 0.443 e. The van der Waals surface area contributed by atoms with Gasteiger partial charge < -0.3 is 20.0 Å². The molecule has 1 aromatic rings. The molecule has 1 unspecified atom stereocenters. The van der Waals surface area contributed by atoms with Gasteiger partial charge >= 0.3 is 0 Å². The van der Waals surface area contributed by atoms with Crippen molar-refractivity contribution in [3.8, 4) is 0 Å². The van der Waals surface area contributed by atoms with Gasteiger partial charge in [-0.2, -0.15) is 0 Å². The Hall–Kier alpha value is -2.09. The molecule has 0 saturated carbocycles. The highest BCUT2D eigenvalue weighted by Gasteiger charge is 2.31. The predicted molar refractivity (Wildman–Crippen MR) is 116 cm³/mol. The number of carbonyl (C=O) groups is 1. The summed E-state index contributed by atoms with van der Waals surface area (Å²) in [6, 6.07) is 0.0361. The summed E-state index contributed by atoms with van der Waals surface area (Å²) in [5, 5.41) is 6.62. The lowest BCUT2D eigenvalue weighted by molar-refractivity contribution is -0.133. The summed E-state index contributed by atoms with van der Waals surface area (Å²) in [7, 11) is 3.66. The highest BCUT2D eigenvalue weighted by Crippen LogP contribution is 2.22. The Bertz CT molecular complexity index is 677. The van der Waals surface area contributed by atoms with Gasteiger partial charge in [0.05, 0.1) is 12.2 Å². The molecular weight excluding hydrogens is 368 g/mol. The number of guanidine groups is 1. The van der Waals surface area contributed by atoms with Crippen LogP contribution in [0.4, 0.5) is 0 Å². The van der Waals surface area contributed by atoms with E-state index in [1.807, 2.05) is 21.0 Å². The van der Waals surface area contributed by atoms with Crippen LogP contribution >= 0.6 is 0 Å². The van der Waals surface area contributed by atoms with Crippen LogP contribution in [0.5, 0.6) is 0 Å². The number of nitrogens with zero attached hydrogens (tertiary/aromatic N) is 4. The van der Waals surface area contributed by atoms with Gasteiger partial charge in [-0.05, 0) is 32.7 Å².